The summed E-state index contributed by atoms with van der Waals surface area (Å²) in [7, 11) is 1.91. The van der Waals surface area contributed by atoms with E-state index in [1.54, 1.807) is 6.07 Å². The van der Waals surface area contributed by atoms with Gasteiger partial charge in [-0.1, -0.05) is 13.0 Å². The lowest BCUT2D eigenvalue weighted by Gasteiger charge is -2.08. The Morgan fingerprint density at radius 1 is 1.33 bits per heavy atom. The van der Waals surface area contributed by atoms with Gasteiger partial charge in [-0.2, -0.15) is 5.10 Å². The highest BCUT2D eigenvalue weighted by Crippen LogP contribution is 2.16. The first-order chi connectivity index (χ1) is 8.60. The van der Waals surface area contributed by atoms with Crippen LogP contribution in [0.1, 0.15) is 23.9 Å². The fourth-order valence-electron chi connectivity index (χ4n) is 1.87. The van der Waals surface area contributed by atoms with E-state index in [4.69, 9.17) is 0 Å². The summed E-state index contributed by atoms with van der Waals surface area (Å²) in [4.78, 5) is 0. The quantitative estimate of drug-likeness (QED) is 0.900. The maximum atomic E-state index is 13.6. The molecule has 3 nitrogen and oxygen atoms in total. The number of benzene rings is 1. The zero-order valence-corrected chi connectivity index (χ0v) is 11.0. The molecule has 0 atom stereocenters. The van der Waals surface area contributed by atoms with Crippen LogP contribution in [0.15, 0.2) is 24.3 Å². The number of anilines is 1. The second-order valence-corrected chi connectivity index (χ2v) is 4.44. The van der Waals surface area contributed by atoms with Crippen molar-refractivity contribution in [1.29, 1.82) is 0 Å². The predicted octanol–water partition coefficient (Wildman–Crippen LogP) is 3.04. The van der Waals surface area contributed by atoms with Gasteiger partial charge >= 0.3 is 0 Å². The molecule has 0 bridgehead atoms. The molecule has 1 N–H and O–H groups in total. The van der Waals surface area contributed by atoms with E-state index >= 15 is 0 Å². The number of nitrogens with one attached hydrogen (secondary N) is 1. The fraction of sp³-hybridized carbons (Fsp3) is 0.357. The lowest BCUT2D eigenvalue weighted by molar-refractivity contribution is 0.628. The van der Waals surface area contributed by atoms with Crippen LogP contribution in [0.3, 0.4) is 0 Å². The minimum Gasteiger partial charge on any atom is -0.377 e. The van der Waals surface area contributed by atoms with E-state index < -0.39 is 0 Å². The maximum absolute atomic E-state index is 13.6. The Kier molecular flexibility index (Phi) is 3.65. The van der Waals surface area contributed by atoms with Gasteiger partial charge in [-0.3, -0.25) is 4.68 Å². The monoisotopic (exact) mass is 247 g/mol. The second-order valence-electron chi connectivity index (χ2n) is 4.44. The van der Waals surface area contributed by atoms with Crippen LogP contribution in [-0.2, 0) is 20.0 Å². The lowest BCUT2D eigenvalue weighted by atomic mass is 10.2. The molecule has 1 aromatic carbocycles. The van der Waals surface area contributed by atoms with E-state index in [-0.39, 0.29) is 5.82 Å². The Balaban J connectivity index is 2.11. The number of hydrogen-bond donors (Lipinski definition) is 1. The van der Waals surface area contributed by atoms with Gasteiger partial charge in [-0.05, 0) is 37.1 Å². The second kappa shape index (κ2) is 5.21. The van der Waals surface area contributed by atoms with Crippen molar-refractivity contribution in [2.45, 2.75) is 26.8 Å². The smallest absolute Gasteiger partial charge is 0.146 e. The number of aromatic nitrogens is 2. The minimum absolute atomic E-state index is 0.224. The molecule has 0 radical (unpaired) electrons. The summed E-state index contributed by atoms with van der Waals surface area (Å²) < 4.78 is 15.4. The van der Waals surface area contributed by atoms with Crippen molar-refractivity contribution in [3.05, 3.63) is 47.0 Å². The van der Waals surface area contributed by atoms with Crippen molar-refractivity contribution >= 4 is 5.69 Å². The number of aryl methyl sites for hydroxylation is 3. The van der Waals surface area contributed by atoms with E-state index in [1.807, 2.05) is 30.8 Å². The van der Waals surface area contributed by atoms with Crippen LogP contribution in [0.5, 0.6) is 0 Å². The summed E-state index contributed by atoms with van der Waals surface area (Å²) >= 11 is 0. The molecule has 1 heterocycles. The fourth-order valence-corrected chi connectivity index (χ4v) is 1.87. The molecule has 1 aromatic heterocycles. The molecule has 0 spiro atoms. The van der Waals surface area contributed by atoms with Crippen LogP contribution in [0.25, 0.3) is 0 Å². The van der Waals surface area contributed by atoms with Crippen LogP contribution in [-0.4, -0.2) is 9.78 Å². The summed E-state index contributed by atoms with van der Waals surface area (Å²) in [6.45, 7) is 4.59. The molecular weight excluding hydrogens is 229 g/mol. The highest BCUT2D eigenvalue weighted by atomic mass is 19.1. The van der Waals surface area contributed by atoms with E-state index in [0.717, 1.165) is 23.4 Å². The van der Waals surface area contributed by atoms with Gasteiger partial charge in [0.25, 0.3) is 0 Å². The first-order valence-corrected chi connectivity index (χ1v) is 6.12. The summed E-state index contributed by atoms with van der Waals surface area (Å²) in [6.07, 6.45) is 0.909. The van der Waals surface area contributed by atoms with Gasteiger partial charge in [-0.25, -0.2) is 4.39 Å². The molecule has 0 saturated heterocycles. The van der Waals surface area contributed by atoms with Crippen LogP contribution in [0.2, 0.25) is 0 Å². The summed E-state index contributed by atoms with van der Waals surface area (Å²) in [5.74, 6) is -0.224. The molecule has 0 amide bonds. The standard InChI is InChI=1S/C14H18FN3/c1-4-11-8-12(18(3)17-11)9-16-14-7-10(2)5-6-13(14)15/h5-8,16H,4,9H2,1-3H3. The summed E-state index contributed by atoms with van der Waals surface area (Å²) in [5, 5.41) is 7.48. The topological polar surface area (TPSA) is 29.9 Å². The molecule has 0 saturated carbocycles. The zero-order chi connectivity index (χ0) is 13.1. The molecular formula is C14H18FN3. The molecule has 0 aliphatic heterocycles. The highest BCUT2D eigenvalue weighted by molar-refractivity contribution is 5.47. The maximum Gasteiger partial charge on any atom is 0.146 e. The van der Waals surface area contributed by atoms with Gasteiger partial charge in [0.15, 0.2) is 0 Å². The largest absolute Gasteiger partial charge is 0.377 e. The number of rotatable bonds is 4. The van der Waals surface area contributed by atoms with Gasteiger partial charge < -0.3 is 5.32 Å². The van der Waals surface area contributed by atoms with Crippen molar-refractivity contribution in [2.24, 2.45) is 7.05 Å². The Morgan fingerprint density at radius 3 is 2.78 bits per heavy atom. The molecule has 0 aliphatic carbocycles. The van der Waals surface area contributed by atoms with Crippen molar-refractivity contribution < 1.29 is 4.39 Å². The number of hydrogen-bond acceptors (Lipinski definition) is 2. The molecule has 0 unspecified atom stereocenters. The average molecular weight is 247 g/mol. The molecule has 2 rings (SSSR count). The van der Waals surface area contributed by atoms with Gasteiger partial charge in [0.1, 0.15) is 5.82 Å². The molecule has 0 aliphatic rings. The minimum atomic E-state index is -0.224. The molecule has 4 heteroatoms. The summed E-state index contributed by atoms with van der Waals surface area (Å²) in [6, 6.07) is 7.10. The predicted molar refractivity (Wildman–Crippen MR) is 71.0 cm³/mol. The third-order valence-electron chi connectivity index (χ3n) is 2.97. The van der Waals surface area contributed by atoms with E-state index in [1.165, 1.54) is 6.07 Å². The van der Waals surface area contributed by atoms with Crippen molar-refractivity contribution in [2.75, 3.05) is 5.32 Å². The van der Waals surface area contributed by atoms with Gasteiger partial charge in [0.2, 0.25) is 0 Å². The summed E-state index contributed by atoms with van der Waals surface area (Å²) in [5.41, 5.74) is 3.68. The molecule has 96 valence electrons. The van der Waals surface area contributed by atoms with E-state index in [2.05, 4.69) is 17.3 Å². The van der Waals surface area contributed by atoms with Crippen LogP contribution < -0.4 is 5.32 Å². The molecule has 2 aromatic rings. The van der Waals surface area contributed by atoms with Gasteiger partial charge in [0.05, 0.1) is 23.6 Å². The van der Waals surface area contributed by atoms with Gasteiger partial charge in [-0.15, -0.1) is 0 Å². The number of halogens is 1. The first kappa shape index (κ1) is 12.6. The Labute approximate surface area is 107 Å². The zero-order valence-electron chi connectivity index (χ0n) is 11.0. The van der Waals surface area contributed by atoms with Crippen LogP contribution in [0, 0.1) is 12.7 Å². The molecule has 0 fully saturated rings. The Hall–Kier alpha value is -1.84. The van der Waals surface area contributed by atoms with Crippen molar-refractivity contribution in [1.82, 2.24) is 9.78 Å². The van der Waals surface area contributed by atoms with Gasteiger partial charge in [0, 0.05) is 7.05 Å². The third kappa shape index (κ3) is 2.70. The first-order valence-electron chi connectivity index (χ1n) is 6.12. The van der Waals surface area contributed by atoms with Crippen LogP contribution in [0.4, 0.5) is 10.1 Å². The SMILES string of the molecule is CCc1cc(CNc2cc(C)ccc2F)n(C)n1. The van der Waals surface area contributed by atoms with Crippen molar-refractivity contribution in [3.63, 3.8) is 0 Å². The van der Waals surface area contributed by atoms with E-state index in [0.29, 0.717) is 12.2 Å². The lowest BCUT2D eigenvalue weighted by Crippen LogP contribution is -2.06. The highest BCUT2D eigenvalue weighted by Gasteiger charge is 2.06. The Bertz CT molecular complexity index is 546. The average Bonchev–Trinajstić information content (AvgIpc) is 2.71. The van der Waals surface area contributed by atoms with Crippen molar-refractivity contribution in [3.8, 4) is 0 Å². The van der Waals surface area contributed by atoms with Crippen LogP contribution >= 0.6 is 0 Å². The number of nitrogens with zero attached hydrogens (tertiary/aromatic N) is 2. The Morgan fingerprint density at radius 2 is 2.11 bits per heavy atom. The molecule has 18 heavy (non-hydrogen) atoms. The van der Waals surface area contributed by atoms with E-state index in [9.17, 15) is 4.39 Å². The normalized spacial score (nSPS) is 10.7. The third-order valence-corrected chi connectivity index (χ3v) is 2.97.